The number of halogens is 2. The zero-order chi connectivity index (χ0) is 18.0. The van der Waals surface area contributed by atoms with Gasteiger partial charge in [0.2, 0.25) is 5.95 Å². The van der Waals surface area contributed by atoms with Gasteiger partial charge in [-0.3, -0.25) is 19.3 Å². The van der Waals surface area contributed by atoms with E-state index >= 15 is 0 Å². The number of hydrogen-bond acceptors (Lipinski definition) is 5. The lowest BCUT2D eigenvalue weighted by Crippen LogP contribution is -2.13. The smallest absolute Gasteiger partial charge is 0.305 e. The maximum Gasteiger partial charge on any atom is 0.305 e. The van der Waals surface area contributed by atoms with E-state index in [9.17, 15) is 9.59 Å². The van der Waals surface area contributed by atoms with Gasteiger partial charge in [-0.2, -0.15) is 5.10 Å². The number of fused-ring (bicyclic) bond motifs is 1. The molecule has 0 saturated heterocycles. The second kappa shape index (κ2) is 7.12. The Morgan fingerprint density at radius 3 is 2.84 bits per heavy atom. The Labute approximate surface area is 151 Å². The highest BCUT2D eigenvalue weighted by Crippen LogP contribution is 2.22. The molecule has 0 radical (unpaired) electrons. The first-order valence-corrected chi connectivity index (χ1v) is 8.05. The van der Waals surface area contributed by atoms with Crippen molar-refractivity contribution >= 4 is 46.2 Å². The van der Waals surface area contributed by atoms with Gasteiger partial charge < -0.3 is 10.4 Å². The summed E-state index contributed by atoms with van der Waals surface area (Å²) in [5.74, 6) is -0.660. The van der Waals surface area contributed by atoms with Crippen LogP contribution in [0.25, 0.3) is 11.0 Å². The summed E-state index contributed by atoms with van der Waals surface area (Å²) in [5, 5.41) is 16.7. The molecule has 2 aromatic heterocycles. The predicted octanol–water partition coefficient (Wildman–Crippen LogP) is 2.51. The highest BCUT2D eigenvalue weighted by Gasteiger charge is 2.10. The molecule has 2 heterocycles. The highest BCUT2D eigenvalue weighted by molar-refractivity contribution is 6.42. The summed E-state index contributed by atoms with van der Waals surface area (Å²) in [4.78, 5) is 29.6. The lowest BCUT2D eigenvalue weighted by molar-refractivity contribution is -0.137. The van der Waals surface area contributed by atoms with Crippen molar-refractivity contribution in [3.05, 3.63) is 50.4 Å². The van der Waals surface area contributed by atoms with Gasteiger partial charge in [0.25, 0.3) is 5.56 Å². The molecule has 0 bridgehead atoms. The monoisotopic (exact) mass is 381 g/mol. The van der Waals surface area contributed by atoms with E-state index in [1.54, 1.807) is 12.1 Å². The number of carbonyl (C=O) groups is 1. The zero-order valence-electron chi connectivity index (χ0n) is 12.8. The second-order valence-corrected chi connectivity index (χ2v) is 6.10. The van der Waals surface area contributed by atoms with Gasteiger partial charge in [-0.1, -0.05) is 29.3 Å². The third-order valence-electron chi connectivity index (χ3n) is 3.42. The Balaban J connectivity index is 1.78. The molecule has 8 nitrogen and oxygen atoms in total. The first-order chi connectivity index (χ1) is 11.9. The van der Waals surface area contributed by atoms with Gasteiger partial charge >= 0.3 is 5.97 Å². The Kier molecular flexibility index (Phi) is 4.91. The van der Waals surface area contributed by atoms with Crippen molar-refractivity contribution < 1.29 is 9.90 Å². The molecule has 0 spiro atoms. The van der Waals surface area contributed by atoms with Crippen LogP contribution >= 0.6 is 23.2 Å². The number of aryl methyl sites for hydroxylation is 1. The zero-order valence-corrected chi connectivity index (χ0v) is 14.3. The van der Waals surface area contributed by atoms with Crippen LogP contribution in [-0.4, -0.2) is 30.8 Å². The molecule has 0 saturated carbocycles. The number of aromatic nitrogens is 4. The molecule has 0 atom stereocenters. The highest BCUT2D eigenvalue weighted by atomic mass is 35.5. The fourth-order valence-electron chi connectivity index (χ4n) is 2.21. The van der Waals surface area contributed by atoms with Crippen molar-refractivity contribution in [2.75, 3.05) is 5.32 Å². The van der Waals surface area contributed by atoms with E-state index in [2.05, 4.69) is 20.4 Å². The number of anilines is 1. The van der Waals surface area contributed by atoms with Crippen LogP contribution < -0.4 is 10.9 Å². The summed E-state index contributed by atoms with van der Waals surface area (Å²) in [6.07, 6.45) is 1.45. The van der Waals surface area contributed by atoms with E-state index in [-0.39, 0.29) is 24.4 Å². The number of rotatable bonds is 6. The number of hydrogen-bond donors (Lipinski definition) is 3. The number of H-pyrrole nitrogens is 1. The molecule has 0 amide bonds. The van der Waals surface area contributed by atoms with Crippen LogP contribution in [0.2, 0.25) is 10.0 Å². The van der Waals surface area contributed by atoms with Crippen LogP contribution in [0, 0.1) is 0 Å². The minimum Gasteiger partial charge on any atom is -0.481 e. The van der Waals surface area contributed by atoms with Gasteiger partial charge in [0.05, 0.1) is 29.2 Å². The summed E-state index contributed by atoms with van der Waals surface area (Å²) in [6.45, 7) is 0.551. The molecule has 10 heteroatoms. The number of aromatic amines is 1. The Morgan fingerprint density at radius 1 is 1.32 bits per heavy atom. The summed E-state index contributed by atoms with van der Waals surface area (Å²) in [5.41, 5.74) is 1.00. The fourth-order valence-corrected chi connectivity index (χ4v) is 2.53. The summed E-state index contributed by atoms with van der Waals surface area (Å²) >= 11 is 11.8. The number of aliphatic carboxylic acids is 1. The number of benzene rings is 1. The van der Waals surface area contributed by atoms with Crippen LogP contribution in [-0.2, 0) is 17.9 Å². The maximum absolute atomic E-state index is 12.1. The second-order valence-electron chi connectivity index (χ2n) is 5.29. The maximum atomic E-state index is 12.1. The van der Waals surface area contributed by atoms with Crippen LogP contribution in [0.5, 0.6) is 0 Å². The minimum atomic E-state index is -0.939. The van der Waals surface area contributed by atoms with E-state index in [0.717, 1.165) is 5.56 Å². The standard InChI is InChI=1S/C15H13Cl2N5O3/c16-9-2-1-8(5-10(9)17)6-18-15-19-11-7-22(4-3-12(23)24)21-13(11)14(25)20-15/h1-2,5,7H,3-4,6H2,(H,23,24)(H2,18,19,20,25). The van der Waals surface area contributed by atoms with Gasteiger partial charge in [-0.15, -0.1) is 0 Å². The van der Waals surface area contributed by atoms with Crippen molar-refractivity contribution in [3.63, 3.8) is 0 Å². The van der Waals surface area contributed by atoms with Crippen LogP contribution in [0.3, 0.4) is 0 Å². The Hall–Kier alpha value is -2.58. The van der Waals surface area contributed by atoms with Crippen molar-refractivity contribution in [2.45, 2.75) is 19.5 Å². The molecule has 3 aromatic rings. The fraction of sp³-hybridized carbons (Fsp3) is 0.200. The molecule has 0 aliphatic rings. The SMILES string of the molecule is O=C(O)CCn1cc2nc(NCc3ccc(Cl)c(Cl)c3)[nH]c(=O)c2n1. The van der Waals surface area contributed by atoms with Gasteiger partial charge in [0.1, 0.15) is 5.52 Å². The minimum absolute atomic E-state index is 0.0890. The molecule has 3 rings (SSSR count). The number of nitrogens with one attached hydrogen (secondary N) is 2. The normalized spacial score (nSPS) is 11.0. The largest absolute Gasteiger partial charge is 0.481 e. The van der Waals surface area contributed by atoms with Gasteiger partial charge in [-0.05, 0) is 17.7 Å². The van der Waals surface area contributed by atoms with Crippen LogP contribution in [0.15, 0.2) is 29.2 Å². The van der Waals surface area contributed by atoms with Gasteiger partial charge in [0, 0.05) is 6.54 Å². The molecular formula is C15H13Cl2N5O3. The molecule has 130 valence electrons. The van der Waals surface area contributed by atoms with Crippen molar-refractivity contribution in [1.29, 1.82) is 0 Å². The molecule has 0 aliphatic carbocycles. The summed E-state index contributed by atoms with van der Waals surface area (Å²) in [7, 11) is 0. The van der Waals surface area contributed by atoms with E-state index in [4.69, 9.17) is 28.3 Å². The number of carboxylic acids is 1. The van der Waals surface area contributed by atoms with E-state index in [0.29, 0.717) is 22.1 Å². The van der Waals surface area contributed by atoms with E-state index in [1.165, 1.54) is 10.9 Å². The molecule has 1 aromatic carbocycles. The summed E-state index contributed by atoms with van der Waals surface area (Å²) in [6, 6.07) is 5.21. The molecular weight excluding hydrogens is 369 g/mol. The molecule has 25 heavy (non-hydrogen) atoms. The third-order valence-corrected chi connectivity index (χ3v) is 4.16. The number of carboxylic acid groups (broad SMARTS) is 1. The molecule has 3 N–H and O–H groups in total. The quantitative estimate of drug-likeness (QED) is 0.604. The van der Waals surface area contributed by atoms with Crippen LogP contribution in [0.4, 0.5) is 5.95 Å². The topological polar surface area (TPSA) is 113 Å². The average molecular weight is 382 g/mol. The van der Waals surface area contributed by atoms with Crippen molar-refractivity contribution in [3.8, 4) is 0 Å². The predicted molar refractivity (Wildman–Crippen MR) is 94.2 cm³/mol. The van der Waals surface area contributed by atoms with Gasteiger partial charge in [-0.25, -0.2) is 4.98 Å². The Bertz CT molecular complexity index is 998. The first kappa shape index (κ1) is 17.2. The molecule has 0 unspecified atom stereocenters. The Morgan fingerprint density at radius 2 is 2.12 bits per heavy atom. The number of nitrogens with zero attached hydrogens (tertiary/aromatic N) is 3. The van der Waals surface area contributed by atoms with Crippen molar-refractivity contribution in [2.24, 2.45) is 0 Å². The summed E-state index contributed by atoms with van der Waals surface area (Å²) < 4.78 is 1.39. The molecule has 0 aliphatic heterocycles. The van der Waals surface area contributed by atoms with E-state index < -0.39 is 11.5 Å². The molecule has 0 fully saturated rings. The first-order valence-electron chi connectivity index (χ1n) is 7.29. The lowest BCUT2D eigenvalue weighted by Gasteiger charge is -2.06. The van der Waals surface area contributed by atoms with Crippen LogP contribution in [0.1, 0.15) is 12.0 Å². The lowest BCUT2D eigenvalue weighted by atomic mass is 10.2. The van der Waals surface area contributed by atoms with Gasteiger partial charge in [0.15, 0.2) is 5.52 Å². The van der Waals surface area contributed by atoms with Crippen molar-refractivity contribution in [1.82, 2.24) is 19.7 Å². The van der Waals surface area contributed by atoms with E-state index in [1.807, 2.05) is 6.07 Å². The average Bonchev–Trinajstić information content (AvgIpc) is 2.98. The third kappa shape index (κ3) is 4.09.